The molecular formula is C20H20ClFN6O2. The number of hydrogen-bond donors (Lipinski definition) is 2. The van der Waals surface area contributed by atoms with Gasteiger partial charge < -0.3 is 14.5 Å². The minimum atomic E-state index is -0.687. The highest BCUT2D eigenvalue weighted by Gasteiger charge is 2.24. The van der Waals surface area contributed by atoms with E-state index in [9.17, 15) is 9.18 Å². The predicted octanol–water partition coefficient (Wildman–Crippen LogP) is 4.59. The lowest BCUT2D eigenvalue weighted by molar-refractivity contribution is -0.105. The van der Waals surface area contributed by atoms with Crippen LogP contribution >= 0.6 is 11.6 Å². The Bertz CT molecular complexity index is 1210. The molecule has 0 radical (unpaired) electrons. The Morgan fingerprint density at radius 1 is 1.30 bits per heavy atom. The number of aromatic amines is 1. The highest BCUT2D eigenvalue weighted by atomic mass is 35.5. The molecule has 1 aromatic carbocycles. The van der Waals surface area contributed by atoms with E-state index in [-0.39, 0.29) is 16.9 Å². The van der Waals surface area contributed by atoms with Gasteiger partial charge in [0.25, 0.3) is 0 Å². The molecular weight excluding hydrogens is 411 g/mol. The fourth-order valence-corrected chi connectivity index (χ4v) is 3.13. The number of halogens is 2. The van der Waals surface area contributed by atoms with Gasteiger partial charge in [0, 0.05) is 17.1 Å². The summed E-state index contributed by atoms with van der Waals surface area (Å²) >= 11 is 6.34. The number of benzene rings is 1. The first-order valence-corrected chi connectivity index (χ1v) is 9.93. The van der Waals surface area contributed by atoms with Crippen LogP contribution in [0.2, 0.25) is 5.02 Å². The lowest BCUT2D eigenvalue weighted by Crippen LogP contribution is -2.08. The third-order valence-corrected chi connectivity index (χ3v) is 4.61. The monoisotopic (exact) mass is 430 g/mol. The Balaban J connectivity index is 0.000000667. The maximum absolute atomic E-state index is 14.9. The zero-order valence-corrected chi connectivity index (χ0v) is 17.2. The Kier molecular flexibility index (Phi) is 5.54. The van der Waals surface area contributed by atoms with Crippen LogP contribution in [0.4, 0.5) is 10.2 Å². The molecule has 3 aromatic heterocycles. The van der Waals surface area contributed by atoms with Crippen LogP contribution in [0.25, 0.3) is 27.8 Å². The molecule has 2 N–H and O–H groups in total. The van der Waals surface area contributed by atoms with Gasteiger partial charge in [-0.15, -0.1) is 0 Å². The number of amides is 1. The molecule has 156 valence electrons. The van der Waals surface area contributed by atoms with E-state index in [0.29, 0.717) is 40.0 Å². The summed E-state index contributed by atoms with van der Waals surface area (Å²) in [7, 11) is 0. The third kappa shape index (κ3) is 3.93. The van der Waals surface area contributed by atoms with Crippen LogP contribution < -0.4 is 10.1 Å². The largest absolute Gasteiger partial charge is 0.486 e. The van der Waals surface area contributed by atoms with Crippen molar-refractivity contribution in [3.8, 4) is 17.0 Å². The molecule has 1 fully saturated rings. The summed E-state index contributed by atoms with van der Waals surface area (Å²) in [5.74, 6) is -0.296. The zero-order valence-electron chi connectivity index (χ0n) is 16.4. The van der Waals surface area contributed by atoms with Crippen molar-refractivity contribution in [2.45, 2.75) is 39.2 Å². The molecule has 0 unspecified atom stereocenters. The molecule has 1 amide bonds. The van der Waals surface area contributed by atoms with Crippen molar-refractivity contribution in [2.75, 3.05) is 5.32 Å². The van der Waals surface area contributed by atoms with E-state index >= 15 is 0 Å². The maximum atomic E-state index is 14.9. The summed E-state index contributed by atoms with van der Waals surface area (Å²) in [5, 5.41) is 9.70. The molecule has 30 heavy (non-hydrogen) atoms. The number of ether oxygens (including phenoxy) is 1. The van der Waals surface area contributed by atoms with Crippen LogP contribution in [0.3, 0.4) is 0 Å². The first-order chi connectivity index (χ1) is 14.5. The molecule has 1 aliphatic rings. The number of hydrogen-bond acceptors (Lipinski definition) is 5. The van der Waals surface area contributed by atoms with Gasteiger partial charge in [-0.2, -0.15) is 5.10 Å². The smallest absolute Gasteiger partial charge is 0.212 e. The molecule has 10 heteroatoms. The van der Waals surface area contributed by atoms with Crippen LogP contribution in [0.15, 0.2) is 24.8 Å². The highest BCUT2D eigenvalue weighted by molar-refractivity contribution is 6.35. The standard InChI is InChI=1S/C17H14ClFN6O2.C3H6/c1-8(2)27-17-15(19)14(18)13(9-3-22-24-16(9)17)10-5-25-6-11(21-7-26)23-12(25)4-20-10;1-2-3-1/h3-8H,1-2H3,(H,21,26)(H,22,24);1-3H2. The van der Waals surface area contributed by atoms with Crippen molar-refractivity contribution in [1.82, 2.24) is 24.6 Å². The Hall–Kier alpha value is -3.20. The second-order valence-electron chi connectivity index (χ2n) is 7.14. The van der Waals surface area contributed by atoms with Crippen molar-refractivity contribution in [3.05, 3.63) is 35.6 Å². The van der Waals surface area contributed by atoms with Crippen molar-refractivity contribution >= 4 is 40.4 Å². The van der Waals surface area contributed by atoms with Crippen molar-refractivity contribution in [3.63, 3.8) is 0 Å². The summed E-state index contributed by atoms with van der Waals surface area (Å²) in [6, 6.07) is 0. The number of anilines is 1. The molecule has 1 aliphatic carbocycles. The average molecular weight is 431 g/mol. The van der Waals surface area contributed by atoms with Crippen LogP contribution in [-0.4, -0.2) is 37.1 Å². The van der Waals surface area contributed by atoms with Gasteiger partial charge in [0.15, 0.2) is 23.0 Å². The van der Waals surface area contributed by atoms with E-state index in [0.717, 1.165) is 0 Å². The zero-order chi connectivity index (χ0) is 21.3. The van der Waals surface area contributed by atoms with Crippen LogP contribution in [0.5, 0.6) is 5.75 Å². The molecule has 0 spiro atoms. The molecule has 8 nitrogen and oxygen atoms in total. The number of rotatable bonds is 5. The topological polar surface area (TPSA) is 97.2 Å². The number of carbonyl (C=O) groups is 1. The summed E-state index contributed by atoms with van der Waals surface area (Å²) in [4.78, 5) is 19.1. The molecule has 4 aromatic rings. The van der Waals surface area contributed by atoms with Gasteiger partial charge in [0.2, 0.25) is 6.41 Å². The average Bonchev–Trinajstić information content (AvgIpc) is 3.43. The third-order valence-electron chi connectivity index (χ3n) is 4.26. The predicted molar refractivity (Wildman–Crippen MR) is 112 cm³/mol. The molecule has 1 saturated carbocycles. The van der Waals surface area contributed by atoms with E-state index in [1.165, 1.54) is 25.5 Å². The molecule has 3 heterocycles. The lowest BCUT2D eigenvalue weighted by atomic mass is 10.1. The van der Waals surface area contributed by atoms with E-state index in [4.69, 9.17) is 16.3 Å². The summed E-state index contributed by atoms with van der Waals surface area (Å²) < 4.78 is 22.2. The van der Waals surface area contributed by atoms with Gasteiger partial charge in [0.1, 0.15) is 5.52 Å². The highest BCUT2D eigenvalue weighted by Crippen LogP contribution is 2.42. The number of H-pyrrole nitrogens is 1. The molecule has 0 aliphatic heterocycles. The second kappa shape index (κ2) is 8.27. The minimum absolute atomic E-state index is 0.0208. The van der Waals surface area contributed by atoms with Gasteiger partial charge in [-0.1, -0.05) is 30.9 Å². The van der Waals surface area contributed by atoms with Gasteiger partial charge in [-0.05, 0) is 13.8 Å². The van der Waals surface area contributed by atoms with Crippen LogP contribution in [0.1, 0.15) is 33.1 Å². The van der Waals surface area contributed by atoms with E-state index in [1.807, 2.05) is 0 Å². The van der Waals surface area contributed by atoms with E-state index < -0.39 is 5.82 Å². The fourth-order valence-electron chi connectivity index (χ4n) is 2.84. The number of carbonyl (C=O) groups excluding carboxylic acids is 1. The van der Waals surface area contributed by atoms with Crippen molar-refractivity contribution in [1.29, 1.82) is 0 Å². The normalized spacial score (nSPS) is 12.7. The van der Waals surface area contributed by atoms with Crippen molar-refractivity contribution in [2.24, 2.45) is 0 Å². The fraction of sp³-hybridized carbons (Fsp3) is 0.300. The van der Waals surface area contributed by atoms with Gasteiger partial charge >= 0.3 is 0 Å². The summed E-state index contributed by atoms with van der Waals surface area (Å²) in [5.41, 5.74) is 1.72. The van der Waals surface area contributed by atoms with Crippen molar-refractivity contribution < 1.29 is 13.9 Å². The Morgan fingerprint density at radius 2 is 2.07 bits per heavy atom. The maximum Gasteiger partial charge on any atom is 0.212 e. The lowest BCUT2D eigenvalue weighted by Gasteiger charge is -2.15. The van der Waals surface area contributed by atoms with Crippen LogP contribution in [0, 0.1) is 5.82 Å². The number of fused-ring (bicyclic) bond motifs is 2. The Morgan fingerprint density at radius 3 is 2.73 bits per heavy atom. The number of nitrogens with zero attached hydrogens (tertiary/aromatic N) is 4. The van der Waals surface area contributed by atoms with E-state index in [1.54, 1.807) is 36.8 Å². The minimum Gasteiger partial charge on any atom is -0.486 e. The first kappa shape index (κ1) is 20.1. The van der Waals surface area contributed by atoms with Gasteiger partial charge in [-0.25, -0.2) is 9.37 Å². The summed E-state index contributed by atoms with van der Waals surface area (Å²) in [6.07, 6.45) is 11.1. The van der Waals surface area contributed by atoms with E-state index in [2.05, 4.69) is 25.5 Å². The number of nitrogens with one attached hydrogen (secondary N) is 2. The number of aromatic nitrogens is 5. The Labute approximate surface area is 176 Å². The SMILES string of the molecule is C1CC1.CC(C)Oc1c(F)c(Cl)c(-c2cn3cc(NC=O)nc3cn2)c2cn[nH]c12. The summed E-state index contributed by atoms with van der Waals surface area (Å²) in [6.45, 7) is 3.59. The molecule has 0 atom stereocenters. The molecule has 0 bridgehead atoms. The van der Waals surface area contributed by atoms with Gasteiger partial charge in [0.05, 0.1) is 35.4 Å². The second-order valence-corrected chi connectivity index (χ2v) is 7.52. The quantitative estimate of drug-likeness (QED) is 0.451. The van der Waals surface area contributed by atoms with Crippen LogP contribution in [-0.2, 0) is 4.79 Å². The number of imidazole rings is 1. The van der Waals surface area contributed by atoms with Gasteiger partial charge in [-0.3, -0.25) is 14.9 Å². The first-order valence-electron chi connectivity index (χ1n) is 9.55. The molecule has 0 saturated heterocycles. The molecule has 5 rings (SSSR count).